The van der Waals surface area contributed by atoms with E-state index in [1.807, 2.05) is 38.1 Å². The minimum absolute atomic E-state index is 0.104. The average molecular weight is 316 g/mol. The standard InChI is InChI=1S/C18H24N2O3/c1-12-5-7-15(8-6-12)10-19-17(21)20-11-18(4,22)16-9-13(2)23-14(16)3/h5-9,22H,10-11H2,1-4H3,(H2,19,20,21). The van der Waals surface area contributed by atoms with Gasteiger partial charge in [0.25, 0.3) is 0 Å². The molecule has 0 saturated heterocycles. The molecule has 0 aliphatic heterocycles. The van der Waals surface area contributed by atoms with E-state index in [-0.39, 0.29) is 12.6 Å². The summed E-state index contributed by atoms with van der Waals surface area (Å²) in [5, 5.41) is 16.0. The molecule has 23 heavy (non-hydrogen) atoms. The molecule has 1 atom stereocenters. The zero-order valence-electron chi connectivity index (χ0n) is 14.1. The summed E-state index contributed by atoms with van der Waals surface area (Å²) in [5.74, 6) is 1.40. The SMILES string of the molecule is Cc1ccc(CNC(=O)NCC(C)(O)c2cc(C)oc2C)cc1. The highest BCUT2D eigenvalue weighted by molar-refractivity contribution is 5.73. The zero-order valence-corrected chi connectivity index (χ0v) is 14.1. The summed E-state index contributed by atoms with van der Waals surface area (Å²) in [6, 6.07) is 9.44. The third-order valence-electron chi connectivity index (χ3n) is 3.79. The fourth-order valence-corrected chi connectivity index (χ4v) is 2.46. The lowest BCUT2D eigenvalue weighted by Crippen LogP contribution is -2.43. The van der Waals surface area contributed by atoms with Gasteiger partial charge in [-0.3, -0.25) is 0 Å². The van der Waals surface area contributed by atoms with Crippen molar-refractivity contribution in [3.63, 3.8) is 0 Å². The van der Waals surface area contributed by atoms with E-state index >= 15 is 0 Å². The minimum atomic E-state index is -1.18. The van der Waals surface area contributed by atoms with Crippen molar-refractivity contribution >= 4 is 6.03 Å². The van der Waals surface area contributed by atoms with E-state index in [2.05, 4.69) is 10.6 Å². The van der Waals surface area contributed by atoms with Crippen molar-refractivity contribution in [3.05, 3.63) is 58.5 Å². The van der Waals surface area contributed by atoms with Gasteiger partial charge < -0.3 is 20.2 Å². The first-order chi connectivity index (χ1) is 10.8. The van der Waals surface area contributed by atoms with Crippen molar-refractivity contribution in [1.29, 1.82) is 0 Å². The number of carbonyl (C=O) groups is 1. The van der Waals surface area contributed by atoms with Gasteiger partial charge in [-0.1, -0.05) is 29.8 Å². The van der Waals surface area contributed by atoms with E-state index in [4.69, 9.17) is 4.42 Å². The molecule has 1 heterocycles. The maximum Gasteiger partial charge on any atom is 0.315 e. The Hall–Kier alpha value is -2.27. The molecule has 0 aliphatic rings. The number of aliphatic hydroxyl groups is 1. The Morgan fingerprint density at radius 2 is 1.83 bits per heavy atom. The molecule has 3 N–H and O–H groups in total. The molecular weight excluding hydrogens is 292 g/mol. The number of hydrogen-bond donors (Lipinski definition) is 3. The van der Waals surface area contributed by atoms with Crippen LogP contribution in [0.5, 0.6) is 0 Å². The molecule has 0 bridgehead atoms. The lowest BCUT2D eigenvalue weighted by molar-refractivity contribution is 0.0579. The molecule has 124 valence electrons. The Labute approximate surface area is 136 Å². The van der Waals surface area contributed by atoms with Crippen LogP contribution in [0, 0.1) is 20.8 Å². The summed E-state index contributed by atoms with van der Waals surface area (Å²) in [6.45, 7) is 7.85. The molecule has 0 radical (unpaired) electrons. The quantitative estimate of drug-likeness (QED) is 0.794. The Morgan fingerprint density at radius 3 is 2.39 bits per heavy atom. The van der Waals surface area contributed by atoms with Crippen LogP contribution in [0.1, 0.15) is 35.1 Å². The van der Waals surface area contributed by atoms with Crippen LogP contribution in [0.3, 0.4) is 0 Å². The number of nitrogens with one attached hydrogen (secondary N) is 2. The summed E-state index contributed by atoms with van der Waals surface area (Å²) in [4.78, 5) is 11.9. The van der Waals surface area contributed by atoms with Crippen LogP contribution in [0.15, 0.2) is 34.7 Å². The second kappa shape index (κ2) is 6.87. The van der Waals surface area contributed by atoms with Crippen LogP contribution in [-0.2, 0) is 12.1 Å². The third-order valence-corrected chi connectivity index (χ3v) is 3.79. The first kappa shape index (κ1) is 17.1. The summed E-state index contributed by atoms with van der Waals surface area (Å²) in [6.07, 6.45) is 0. The fourth-order valence-electron chi connectivity index (χ4n) is 2.46. The fraction of sp³-hybridized carbons (Fsp3) is 0.389. The van der Waals surface area contributed by atoms with Crippen LogP contribution in [0.25, 0.3) is 0 Å². The maximum absolute atomic E-state index is 11.9. The highest BCUT2D eigenvalue weighted by atomic mass is 16.3. The second-order valence-corrected chi connectivity index (χ2v) is 6.12. The van der Waals surface area contributed by atoms with E-state index in [1.165, 1.54) is 5.56 Å². The molecule has 2 amide bonds. The first-order valence-corrected chi connectivity index (χ1v) is 7.65. The van der Waals surface area contributed by atoms with E-state index in [0.29, 0.717) is 17.9 Å². The Morgan fingerprint density at radius 1 is 1.17 bits per heavy atom. The number of benzene rings is 1. The van der Waals surface area contributed by atoms with E-state index in [1.54, 1.807) is 19.9 Å². The number of amides is 2. The van der Waals surface area contributed by atoms with Gasteiger partial charge in [0.1, 0.15) is 17.1 Å². The Bertz CT molecular complexity index is 672. The van der Waals surface area contributed by atoms with Crippen LogP contribution >= 0.6 is 0 Å². The summed E-state index contributed by atoms with van der Waals surface area (Å²) < 4.78 is 5.43. The van der Waals surface area contributed by atoms with Crippen molar-refractivity contribution < 1.29 is 14.3 Å². The molecule has 0 saturated carbocycles. The van der Waals surface area contributed by atoms with Gasteiger partial charge in [-0.05, 0) is 39.3 Å². The van der Waals surface area contributed by atoms with E-state index in [0.717, 1.165) is 11.3 Å². The molecule has 1 aromatic heterocycles. The van der Waals surface area contributed by atoms with Gasteiger partial charge in [0.2, 0.25) is 0 Å². The van der Waals surface area contributed by atoms with Gasteiger partial charge in [-0.15, -0.1) is 0 Å². The number of hydrogen-bond acceptors (Lipinski definition) is 3. The Kier molecular flexibility index (Phi) is 5.11. The first-order valence-electron chi connectivity index (χ1n) is 7.65. The van der Waals surface area contributed by atoms with Crippen LogP contribution in [0.2, 0.25) is 0 Å². The Balaban J connectivity index is 1.86. The van der Waals surface area contributed by atoms with Gasteiger partial charge in [0, 0.05) is 12.1 Å². The lowest BCUT2D eigenvalue weighted by atomic mass is 9.96. The molecule has 0 aliphatic carbocycles. The number of carbonyl (C=O) groups excluding carboxylic acids is 1. The lowest BCUT2D eigenvalue weighted by Gasteiger charge is -2.23. The van der Waals surface area contributed by atoms with Crippen molar-refractivity contribution in [3.8, 4) is 0 Å². The molecule has 0 spiro atoms. The van der Waals surface area contributed by atoms with Crippen LogP contribution < -0.4 is 10.6 Å². The maximum atomic E-state index is 11.9. The molecule has 5 heteroatoms. The molecule has 1 unspecified atom stereocenters. The largest absolute Gasteiger partial charge is 0.466 e. The summed E-state index contributed by atoms with van der Waals surface area (Å²) in [5.41, 5.74) is 1.72. The monoisotopic (exact) mass is 316 g/mol. The van der Waals surface area contributed by atoms with Crippen molar-refractivity contribution in [1.82, 2.24) is 10.6 Å². The van der Waals surface area contributed by atoms with Crippen molar-refractivity contribution in [2.75, 3.05) is 6.54 Å². The molecule has 2 rings (SSSR count). The van der Waals surface area contributed by atoms with Crippen LogP contribution in [0.4, 0.5) is 4.79 Å². The average Bonchev–Trinajstić information content (AvgIpc) is 2.84. The number of aryl methyl sites for hydroxylation is 3. The number of rotatable bonds is 5. The second-order valence-electron chi connectivity index (χ2n) is 6.12. The number of urea groups is 1. The highest BCUT2D eigenvalue weighted by Crippen LogP contribution is 2.26. The molecular formula is C18H24N2O3. The van der Waals surface area contributed by atoms with Gasteiger partial charge in [0.05, 0.1) is 6.54 Å². The minimum Gasteiger partial charge on any atom is -0.466 e. The summed E-state index contributed by atoms with van der Waals surface area (Å²) in [7, 11) is 0. The van der Waals surface area contributed by atoms with Crippen LogP contribution in [-0.4, -0.2) is 17.7 Å². The smallest absolute Gasteiger partial charge is 0.315 e. The molecule has 2 aromatic rings. The normalized spacial score (nSPS) is 13.4. The predicted molar refractivity (Wildman–Crippen MR) is 89.2 cm³/mol. The van der Waals surface area contributed by atoms with Gasteiger partial charge in [-0.2, -0.15) is 0 Å². The highest BCUT2D eigenvalue weighted by Gasteiger charge is 2.28. The van der Waals surface area contributed by atoms with E-state index < -0.39 is 5.60 Å². The molecule has 5 nitrogen and oxygen atoms in total. The van der Waals surface area contributed by atoms with Gasteiger partial charge >= 0.3 is 6.03 Å². The number of furan rings is 1. The third kappa shape index (κ3) is 4.60. The van der Waals surface area contributed by atoms with Crippen molar-refractivity contribution in [2.45, 2.75) is 39.8 Å². The predicted octanol–water partition coefficient (Wildman–Crippen LogP) is 2.91. The van der Waals surface area contributed by atoms with E-state index in [9.17, 15) is 9.90 Å². The molecule has 0 fully saturated rings. The zero-order chi connectivity index (χ0) is 17.0. The van der Waals surface area contributed by atoms with Gasteiger partial charge in [0.15, 0.2) is 0 Å². The molecule has 1 aromatic carbocycles. The van der Waals surface area contributed by atoms with Gasteiger partial charge in [-0.25, -0.2) is 4.79 Å². The van der Waals surface area contributed by atoms with Crippen molar-refractivity contribution in [2.24, 2.45) is 0 Å². The topological polar surface area (TPSA) is 74.5 Å². The summed E-state index contributed by atoms with van der Waals surface area (Å²) >= 11 is 0.